The van der Waals surface area contributed by atoms with Crippen LogP contribution in [0.3, 0.4) is 0 Å². The van der Waals surface area contributed by atoms with Crippen molar-refractivity contribution in [3.8, 4) is 5.75 Å². The van der Waals surface area contributed by atoms with Gasteiger partial charge in [0, 0.05) is 0 Å². The Morgan fingerprint density at radius 3 is 2.30 bits per heavy atom. The van der Waals surface area contributed by atoms with Gasteiger partial charge < -0.3 is 10.1 Å². The van der Waals surface area contributed by atoms with E-state index >= 15 is 0 Å². The van der Waals surface area contributed by atoms with E-state index in [0.717, 1.165) is 10.6 Å². The summed E-state index contributed by atoms with van der Waals surface area (Å²) in [7, 11) is -3.79. The molecule has 0 radical (unpaired) electrons. The summed E-state index contributed by atoms with van der Waals surface area (Å²) in [5.41, 5.74) is 3.58. The molecule has 9 nitrogen and oxygen atoms in total. The zero-order valence-electron chi connectivity index (χ0n) is 19.3. The lowest BCUT2D eigenvalue weighted by Gasteiger charge is -2.21. The molecule has 0 aliphatic heterocycles. The second-order valence-corrected chi connectivity index (χ2v) is 10.7. The maximum atomic E-state index is 12.3. The van der Waals surface area contributed by atoms with Crippen LogP contribution in [0.5, 0.6) is 5.75 Å². The average Bonchev–Trinajstić information content (AvgIpc) is 2.84. The third-order valence-corrected chi connectivity index (χ3v) is 6.89. The lowest BCUT2D eigenvalue weighted by Crippen LogP contribution is -2.39. The molecule has 0 bridgehead atoms. The molecule has 3 aromatic carbocycles. The molecule has 0 heterocycles. The summed E-state index contributed by atoms with van der Waals surface area (Å²) < 4.78 is 30.7. The highest BCUT2D eigenvalue weighted by Gasteiger charge is 2.21. The first-order valence-corrected chi connectivity index (χ1v) is 13.5. The first kappa shape index (κ1) is 28.3. The maximum absolute atomic E-state index is 12.3. The van der Waals surface area contributed by atoms with Gasteiger partial charge in [0.15, 0.2) is 6.61 Å². The number of sulfonamides is 1. The van der Waals surface area contributed by atoms with Crippen LogP contribution in [0, 0.1) is 0 Å². The zero-order valence-corrected chi connectivity index (χ0v) is 22.4. The minimum absolute atomic E-state index is 0.153. The van der Waals surface area contributed by atoms with Gasteiger partial charge in [-0.25, -0.2) is 13.8 Å². The van der Waals surface area contributed by atoms with Gasteiger partial charge in [-0.15, -0.1) is 0 Å². The van der Waals surface area contributed by atoms with Crippen molar-refractivity contribution >= 4 is 74.2 Å². The fraction of sp³-hybridized carbons (Fsp3) is 0.125. The summed E-state index contributed by atoms with van der Waals surface area (Å²) in [5.74, 6) is -0.594. The monoisotopic (exact) mass is 582 g/mol. The van der Waals surface area contributed by atoms with Gasteiger partial charge in [0.2, 0.25) is 10.0 Å². The van der Waals surface area contributed by atoms with E-state index < -0.39 is 22.5 Å². The highest BCUT2D eigenvalue weighted by atomic mass is 35.5. The number of anilines is 2. The Hall–Kier alpha value is -3.31. The van der Waals surface area contributed by atoms with Crippen LogP contribution < -0.4 is 19.8 Å². The van der Waals surface area contributed by atoms with Gasteiger partial charge in [-0.1, -0.05) is 46.9 Å². The molecule has 0 aliphatic carbocycles. The number of benzene rings is 3. The zero-order chi connectivity index (χ0) is 27.0. The molecular weight excluding hydrogens is 563 g/mol. The van der Waals surface area contributed by atoms with Gasteiger partial charge in [0.05, 0.1) is 38.9 Å². The molecule has 0 saturated heterocycles. The molecule has 2 amide bonds. The van der Waals surface area contributed by atoms with Crippen LogP contribution in [0.2, 0.25) is 15.1 Å². The van der Waals surface area contributed by atoms with E-state index in [4.69, 9.17) is 39.5 Å². The Bertz CT molecular complexity index is 1420. The fourth-order valence-electron chi connectivity index (χ4n) is 2.93. The third kappa shape index (κ3) is 8.64. The Kier molecular flexibility index (Phi) is 9.76. The molecule has 2 N–H and O–H groups in total. The predicted octanol–water partition coefficient (Wildman–Crippen LogP) is 4.58. The number of hydrogen-bond donors (Lipinski definition) is 2. The van der Waals surface area contributed by atoms with Crippen molar-refractivity contribution in [3.63, 3.8) is 0 Å². The van der Waals surface area contributed by atoms with E-state index in [1.165, 1.54) is 24.4 Å². The number of hydrogen-bond acceptors (Lipinski definition) is 6. The number of para-hydroxylation sites is 1. The van der Waals surface area contributed by atoms with Crippen LogP contribution in [0.4, 0.5) is 11.4 Å². The van der Waals surface area contributed by atoms with E-state index in [2.05, 4.69) is 15.8 Å². The van der Waals surface area contributed by atoms with Gasteiger partial charge in [-0.05, 0) is 60.2 Å². The van der Waals surface area contributed by atoms with Crippen LogP contribution in [-0.4, -0.2) is 45.9 Å². The summed E-state index contributed by atoms with van der Waals surface area (Å²) in [6.07, 6.45) is 2.34. The number of amides is 2. The summed E-state index contributed by atoms with van der Waals surface area (Å²) in [6, 6.07) is 17.7. The Morgan fingerprint density at radius 1 is 0.946 bits per heavy atom. The lowest BCUT2D eigenvalue weighted by atomic mass is 10.2. The molecule has 0 aliphatic rings. The Balaban J connectivity index is 1.51. The van der Waals surface area contributed by atoms with E-state index in [1.807, 2.05) is 0 Å². The highest BCUT2D eigenvalue weighted by Crippen LogP contribution is 2.28. The van der Waals surface area contributed by atoms with Crippen LogP contribution in [0.1, 0.15) is 5.56 Å². The summed E-state index contributed by atoms with van der Waals surface area (Å²) >= 11 is 17.9. The van der Waals surface area contributed by atoms with E-state index in [0.29, 0.717) is 22.0 Å². The second kappa shape index (κ2) is 12.8. The summed E-state index contributed by atoms with van der Waals surface area (Å²) in [5, 5.41) is 7.34. The minimum atomic E-state index is -3.79. The molecule has 0 saturated carbocycles. The van der Waals surface area contributed by atoms with Crippen LogP contribution in [0.15, 0.2) is 71.8 Å². The van der Waals surface area contributed by atoms with Gasteiger partial charge >= 0.3 is 0 Å². The number of carbonyl (C=O) groups is 2. The van der Waals surface area contributed by atoms with Gasteiger partial charge in [0.25, 0.3) is 11.8 Å². The standard InChI is InChI=1S/C24H21Cl3N4O5S/c1-37(34,35)31(17-8-11-19(25)21(27)12-17)14-23(32)30-28-13-16-6-9-18(10-7-16)36-15-24(33)29-22-5-3-2-4-20(22)26/h2-13H,14-15H2,1H3,(H,29,33)(H,30,32)/b28-13-. The SMILES string of the molecule is CS(=O)(=O)N(CC(=O)N/N=C\c1ccc(OCC(=O)Nc2ccccc2Cl)cc1)c1ccc(Cl)c(Cl)c1. The smallest absolute Gasteiger partial charge is 0.262 e. The second-order valence-electron chi connectivity index (χ2n) is 7.55. The van der Waals surface area contributed by atoms with Gasteiger partial charge in [0.1, 0.15) is 12.3 Å². The predicted molar refractivity (Wildman–Crippen MR) is 146 cm³/mol. The molecule has 3 aromatic rings. The van der Waals surface area contributed by atoms with Crippen molar-refractivity contribution in [3.05, 3.63) is 87.4 Å². The quantitative estimate of drug-likeness (QED) is 0.268. The first-order valence-electron chi connectivity index (χ1n) is 10.5. The van der Waals surface area contributed by atoms with Crippen molar-refractivity contribution in [2.24, 2.45) is 5.10 Å². The Morgan fingerprint density at radius 2 is 1.65 bits per heavy atom. The summed E-state index contributed by atoms with van der Waals surface area (Å²) in [6.45, 7) is -0.735. The molecule has 3 rings (SSSR count). The topological polar surface area (TPSA) is 117 Å². The van der Waals surface area contributed by atoms with E-state index in [1.54, 1.807) is 48.5 Å². The first-order chi connectivity index (χ1) is 17.5. The van der Waals surface area contributed by atoms with Gasteiger partial charge in [-0.3, -0.25) is 13.9 Å². The van der Waals surface area contributed by atoms with Gasteiger partial charge in [-0.2, -0.15) is 5.10 Å². The minimum Gasteiger partial charge on any atom is -0.484 e. The molecular formula is C24H21Cl3N4O5S. The highest BCUT2D eigenvalue weighted by molar-refractivity contribution is 7.92. The molecule has 0 spiro atoms. The molecule has 0 fully saturated rings. The largest absolute Gasteiger partial charge is 0.484 e. The van der Waals surface area contributed by atoms with Crippen molar-refractivity contribution in [2.45, 2.75) is 0 Å². The summed E-state index contributed by atoms with van der Waals surface area (Å²) in [4.78, 5) is 24.4. The molecule has 0 aromatic heterocycles. The number of carbonyl (C=O) groups excluding carboxylic acids is 2. The third-order valence-electron chi connectivity index (χ3n) is 4.68. The number of nitrogens with zero attached hydrogens (tertiary/aromatic N) is 2. The molecule has 37 heavy (non-hydrogen) atoms. The lowest BCUT2D eigenvalue weighted by molar-refractivity contribution is -0.119. The molecule has 0 unspecified atom stereocenters. The average molecular weight is 584 g/mol. The molecule has 0 atom stereocenters. The Labute approximate surface area is 229 Å². The van der Waals surface area contributed by atoms with E-state index in [9.17, 15) is 18.0 Å². The fourth-order valence-corrected chi connectivity index (χ4v) is 4.26. The van der Waals surface area contributed by atoms with Crippen LogP contribution in [-0.2, 0) is 19.6 Å². The van der Waals surface area contributed by atoms with E-state index in [-0.39, 0.29) is 28.2 Å². The van der Waals surface area contributed by atoms with Crippen molar-refractivity contribution in [2.75, 3.05) is 29.0 Å². The number of rotatable bonds is 10. The van der Waals surface area contributed by atoms with Crippen molar-refractivity contribution in [1.29, 1.82) is 0 Å². The van der Waals surface area contributed by atoms with Crippen LogP contribution in [0.25, 0.3) is 0 Å². The maximum Gasteiger partial charge on any atom is 0.262 e. The number of halogens is 3. The number of nitrogens with one attached hydrogen (secondary N) is 2. The number of ether oxygens (including phenoxy) is 1. The number of hydrazone groups is 1. The van der Waals surface area contributed by atoms with Crippen LogP contribution >= 0.6 is 34.8 Å². The molecule has 194 valence electrons. The normalized spacial score (nSPS) is 11.2. The molecule has 13 heteroatoms. The van der Waals surface area contributed by atoms with Crippen molar-refractivity contribution in [1.82, 2.24) is 5.43 Å². The van der Waals surface area contributed by atoms with Crippen molar-refractivity contribution < 1.29 is 22.7 Å².